The molecule has 2 heterocycles. The molecule has 2 aliphatic rings. The number of nitrogens with zero attached hydrogens (tertiary/aromatic N) is 3. The fourth-order valence-corrected chi connectivity index (χ4v) is 4.22. The van der Waals surface area contributed by atoms with E-state index in [0.29, 0.717) is 19.7 Å². The van der Waals surface area contributed by atoms with E-state index in [1.807, 2.05) is 38.2 Å². The zero-order chi connectivity index (χ0) is 22.8. The number of rotatable bonds is 11. The van der Waals surface area contributed by atoms with Crippen LogP contribution >= 0.6 is 0 Å². The highest BCUT2D eigenvalue weighted by molar-refractivity contribution is 5.88. The highest BCUT2D eigenvalue weighted by Crippen LogP contribution is 2.18. The van der Waals surface area contributed by atoms with Crippen molar-refractivity contribution in [2.24, 2.45) is 0 Å². The smallest absolute Gasteiger partial charge is 0.237 e. The summed E-state index contributed by atoms with van der Waals surface area (Å²) < 4.78 is 10.9. The average molecular weight is 447 g/mol. The molecule has 0 spiro atoms. The largest absolute Gasteiger partial charge is 0.494 e. The standard InChI is InChI=1S/C24H38N4O4/c1-3-32-21-8-6-20(7-9-21)19-28-13-10-25-24(30)22(28)18-23(29)26(2)11-4-5-12-27-14-16-31-17-15-27/h6-9,22H,3-5,10-19H2,1-2H3,(H,25,30). The zero-order valence-electron chi connectivity index (χ0n) is 19.6. The van der Waals surface area contributed by atoms with E-state index in [1.54, 1.807) is 4.90 Å². The number of piperazine rings is 1. The Morgan fingerprint density at radius 2 is 1.94 bits per heavy atom. The molecule has 1 aromatic rings. The molecule has 8 heteroatoms. The molecule has 1 aromatic carbocycles. The van der Waals surface area contributed by atoms with Crippen LogP contribution in [0.2, 0.25) is 0 Å². The van der Waals surface area contributed by atoms with Gasteiger partial charge in [-0.05, 0) is 44.0 Å². The molecule has 0 aliphatic carbocycles. The molecule has 2 aliphatic heterocycles. The summed E-state index contributed by atoms with van der Waals surface area (Å²) in [6.45, 7) is 9.97. The van der Waals surface area contributed by atoms with Gasteiger partial charge in [0.15, 0.2) is 0 Å². The van der Waals surface area contributed by atoms with Gasteiger partial charge in [0.2, 0.25) is 11.8 Å². The molecular weight excluding hydrogens is 408 g/mol. The van der Waals surface area contributed by atoms with Gasteiger partial charge in [-0.3, -0.25) is 19.4 Å². The Morgan fingerprint density at radius 1 is 1.19 bits per heavy atom. The van der Waals surface area contributed by atoms with Crippen molar-refractivity contribution in [1.29, 1.82) is 0 Å². The number of hydrogen-bond donors (Lipinski definition) is 1. The van der Waals surface area contributed by atoms with Crippen molar-refractivity contribution >= 4 is 11.8 Å². The van der Waals surface area contributed by atoms with Crippen LogP contribution in [-0.4, -0.2) is 98.7 Å². The molecule has 1 unspecified atom stereocenters. The molecule has 1 atom stereocenters. The number of nitrogens with one attached hydrogen (secondary N) is 1. The number of amides is 2. The summed E-state index contributed by atoms with van der Waals surface area (Å²) in [5.74, 6) is 0.806. The molecule has 32 heavy (non-hydrogen) atoms. The molecule has 0 radical (unpaired) electrons. The first-order chi connectivity index (χ1) is 15.6. The summed E-state index contributed by atoms with van der Waals surface area (Å²) in [6.07, 6.45) is 2.24. The zero-order valence-corrected chi connectivity index (χ0v) is 19.6. The molecule has 2 fully saturated rings. The van der Waals surface area contributed by atoms with Crippen LogP contribution in [0.4, 0.5) is 0 Å². The first-order valence-electron chi connectivity index (χ1n) is 11.8. The van der Waals surface area contributed by atoms with Gasteiger partial charge in [0.1, 0.15) is 5.75 Å². The van der Waals surface area contributed by atoms with Gasteiger partial charge in [-0.15, -0.1) is 0 Å². The van der Waals surface area contributed by atoms with Crippen molar-refractivity contribution in [3.05, 3.63) is 29.8 Å². The Kier molecular flexibility index (Phi) is 9.77. The highest BCUT2D eigenvalue weighted by atomic mass is 16.5. The molecule has 2 amide bonds. The Bertz CT molecular complexity index is 721. The van der Waals surface area contributed by atoms with Crippen LogP contribution in [0.5, 0.6) is 5.75 Å². The fourth-order valence-electron chi connectivity index (χ4n) is 4.22. The Morgan fingerprint density at radius 3 is 2.66 bits per heavy atom. The van der Waals surface area contributed by atoms with Crippen LogP contribution in [0.25, 0.3) is 0 Å². The monoisotopic (exact) mass is 446 g/mol. The van der Waals surface area contributed by atoms with Crippen LogP contribution < -0.4 is 10.1 Å². The van der Waals surface area contributed by atoms with E-state index in [9.17, 15) is 9.59 Å². The Hall–Kier alpha value is -2.16. The molecule has 3 rings (SSSR count). The van der Waals surface area contributed by atoms with Gasteiger partial charge in [0, 0.05) is 46.3 Å². The third-order valence-corrected chi connectivity index (χ3v) is 6.18. The minimum atomic E-state index is -0.432. The third kappa shape index (κ3) is 7.46. The number of carbonyl (C=O) groups excluding carboxylic acids is 2. The van der Waals surface area contributed by atoms with Gasteiger partial charge in [-0.1, -0.05) is 12.1 Å². The van der Waals surface area contributed by atoms with E-state index in [-0.39, 0.29) is 18.2 Å². The van der Waals surface area contributed by atoms with E-state index in [2.05, 4.69) is 15.1 Å². The molecule has 0 saturated carbocycles. The van der Waals surface area contributed by atoms with Crippen molar-refractivity contribution in [2.45, 2.75) is 38.8 Å². The number of ether oxygens (including phenoxy) is 2. The lowest BCUT2D eigenvalue weighted by molar-refractivity contribution is -0.138. The second-order valence-electron chi connectivity index (χ2n) is 8.53. The fraction of sp³-hybridized carbons (Fsp3) is 0.667. The second kappa shape index (κ2) is 12.8. The average Bonchev–Trinajstić information content (AvgIpc) is 2.81. The lowest BCUT2D eigenvalue weighted by Crippen LogP contribution is -2.56. The summed E-state index contributed by atoms with van der Waals surface area (Å²) in [5.41, 5.74) is 1.11. The van der Waals surface area contributed by atoms with Crippen LogP contribution in [-0.2, 0) is 20.9 Å². The van der Waals surface area contributed by atoms with Crippen LogP contribution in [0.3, 0.4) is 0 Å². The quantitative estimate of drug-likeness (QED) is 0.517. The predicted molar refractivity (Wildman–Crippen MR) is 124 cm³/mol. The number of morpholine rings is 1. The van der Waals surface area contributed by atoms with E-state index in [1.165, 1.54) is 0 Å². The van der Waals surface area contributed by atoms with Gasteiger partial charge in [-0.25, -0.2) is 0 Å². The van der Waals surface area contributed by atoms with Crippen molar-refractivity contribution in [3.8, 4) is 5.75 Å². The van der Waals surface area contributed by atoms with E-state index in [4.69, 9.17) is 9.47 Å². The van der Waals surface area contributed by atoms with Crippen molar-refractivity contribution in [3.63, 3.8) is 0 Å². The lowest BCUT2D eigenvalue weighted by Gasteiger charge is -2.35. The lowest BCUT2D eigenvalue weighted by atomic mass is 10.1. The first kappa shape index (κ1) is 24.5. The van der Waals surface area contributed by atoms with Crippen LogP contribution in [0.1, 0.15) is 31.7 Å². The van der Waals surface area contributed by atoms with E-state index in [0.717, 1.165) is 70.1 Å². The van der Waals surface area contributed by atoms with Crippen LogP contribution in [0, 0.1) is 0 Å². The van der Waals surface area contributed by atoms with Gasteiger partial charge < -0.3 is 19.7 Å². The highest BCUT2D eigenvalue weighted by Gasteiger charge is 2.32. The maximum absolute atomic E-state index is 12.8. The second-order valence-corrected chi connectivity index (χ2v) is 8.53. The third-order valence-electron chi connectivity index (χ3n) is 6.18. The van der Waals surface area contributed by atoms with Crippen molar-refractivity contribution in [1.82, 2.24) is 20.0 Å². The summed E-state index contributed by atoms with van der Waals surface area (Å²) in [7, 11) is 1.84. The van der Waals surface area contributed by atoms with Gasteiger partial charge >= 0.3 is 0 Å². The summed E-state index contributed by atoms with van der Waals surface area (Å²) >= 11 is 0. The van der Waals surface area contributed by atoms with Crippen molar-refractivity contribution in [2.75, 3.05) is 66.1 Å². The molecule has 1 N–H and O–H groups in total. The summed E-state index contributed by atoms with van der Waals surface area (Å²) in [4.78, 5) is 31.7. The molecule has 0 bridgehead atoms. The predicted octanol–water partition coefficient (Wildman–Crippen LogP) is 1.35. The van der Waals surface area contributed by atoms with E-state index < -0.39 is 6.04 Å². The summed E-state index contributed by atoms with van der Waals surface area (Å²) in [6, 6.07) is 7.52. The Labute approximate surface area is 191 Å². The minimum Gasteiger partial charge on any atom is -0.494 e. The molecular formula is C24H38N4O4. The van der Waals surface area contributed by atoms with Gasteiger partial charge in [-0.2, -0.15) is 0 Å². The number of carbonyl (C=O) groups is 2. The Balaban J connectivity index is 1.46. The maximum atomic E-state index is 12.8. The van der Waals surface area contributed by atoms with E-state index >= 15 is 0 Å². The molecule has 178 valence electrons. The SMILES string of the molecule is CCOc1ccc(CN2CCNC(=O)C2CC(=O)N(C)CCCCN2CCOCC2)cc1. The topological polar surface area (TPSA) is 74.4 Å². The number of unbranched alkanes of at least 4 members (excludes halogenated alkanes) is 1. The molecule has 0 aromatic heterocycles. The molecule has 2 saturated heterocycles. The molecule has 8 nitrogen and oxygen atoms in total. The number of hydrogen-bond acceptors (Lipinski definition) is 6. The van der Waals surface area contributed by atoms with Gasteiger partial charge in [0.25, 0.3) is 0 Å². The van der Waals surface area contributed by atoms with Crippen molar-refractivity contribution < 1.29 is 19.1 Å². The normalized spacial score (nSPS) is 20.1. The van der Waals surface area contributed by atoms with Gasteiger partial charge in [0.05, 0.1) is 32.3 Å². The first-order valence-corrected chi connectivity index (χ1v) is 11.8. The minimum absolute atomic E-state index is 0.0233. The summed E-state index contributed by atoms with van der Waals surface area (Å²) in [5, 5.41) is 2.92. The number of benzene rings is 1. The van der Waals surface area contributed by atoms with Crippen LogP contribution in [0.15, 0.2) is 24.3 Å². The maximum Gasteiger partial charge on any atom is 0.237 e.